The van der Waals surface area contributed by atoms with Crippen LogP contribution in [0.2, 0.25) is 0 Å². The van der Waals surface area contributed by atoms with Crippen molar-refractivity contribution in [2.75, 3.05) is 9.80 Å². The molecule has 4 nitrogen and oxygen atoms in total. The minimum absolute atomic E-state index is 0.0577. The van der Waals surface area contributed by atoms with Gasteiger partial charge in [0.05, 0.1) is 17.1 Å². The van der Waals surface area contributed by atoms with Gasteiger partial charge in [-0.15, -0.1) is 0 Å². The summed E-state index contributed by atoms with van der Waals surface area (Å²) >= 11 is 0. The first-order valence-electron chi connectivity index (χ1n) is 37.4. The quantitative estimate of drug-likeness (QED) is 0.129. The second-order valence-corrected chi connectivity index (χ2v) is 30.5. The molecule has 0 spiro atoms. The Labute approximate surface area is 617 Å². The molecule has 2 aromatic heterocycles. The minimum Gasteiger partial charge on any atom is -0.456 e. The number of rotatable bonds is 11. The van der Waals surface area contributed by atoms with Gasteiger partial charge in [-0.3, -0.25) is 0 Å². The van der Waals surface area contributed by atoms with Crippen molar-refractivity contribution in [3.8, 4) is 55.6 Å². The molecule has 21 rings (SSSR count). The number of hydrogen-bond acceptors (Lipinski definition) is 4. The highest BCUT2D eigenvalue weighted by Gasteiger charge is 2.46. The van der Waals surface area contributed by atoms with Gasteiger partial charge in [0, 0.05) is 66.6 Å². The SMILES string of the molecule is CC1(C)c2cc(-c3ccc4cc5oc6cccc(-c7ccccc7N(C7=CC8C(C=C7)c7ccccc7C8(C)C)C7=CC(c8cccc9ccccc89)=CCC7)c6c5cc4c3)ccc2-c2ccc(N(c3ccccc3-c3ccccc3)c3ccccc3-c3cccc4oc5cc6ccccc6cc5c34)cc21. The van der Waals surface area contributed by atoms with Crippen LogP contribution in [0.5, 0.6) is 0 Å². The second-order valence-electron chi connectivity index (χ2n) is 30.5. The lowest BCUT2D eigenvalue weighted by Crippen LogP contribution is -2.30. The molecule has 0 saturated heterocycles. The molecule has 15 aromatic carbocycles. The summed E-state index contributed by atoms with van der Waals surface area (Å²) in [4.78, 5) is 5.10. The minimum atomic E-state index is -0.347. The van der Waals surface area contributed by atoms with E-state index in [9.17, 15) is 0 Å². The van der Waals surface area contributed by atoms with E-state index in [2.05, 4.69) is 377 Å². The van der Waals surface area contributed by atoms with Crippen LogP contribution in [0.25, 0.3) is 137 Å². The summed E-state index contributed by atoms with van der Waals surface area (Å²) in [6.07, 6.45) is 14.3. The number of fused-ring (bicyclic) bond motifs is 15. The maximum Gasteiger partial charge on any atom is 0.136 e. The summed E-state index contributed by atoms with van der Waals surface area (Å²) in [6, 6.07) is 114. The third kappa shape index (κ3) is 9.67. The molecular formula is C102H74N2O2. The van der Waals surface area contributed by atoms with Crippen LogP contribution in [0.3, 0.4) is 0 Å². The predicted octanol–water partition coefficient (Wildman–Crippen LogP) is 28.1. The van der Waals surface area contributed by atoms with Crippen molar-refractivity contribution >= 4 is 105 Å². The summed E-state index contributed by atoms with van der Waals surface area (Å²) < 4.78 is 13.7. The van der Waals surface area contributed by atoms with Crippen LogP contribution in [0.4, 0.5) is 22.7 Å². The highest BCUT2D eigenvalue weighted by Crippen LogP contribution is 2.57. The Balaban J connectivity index is 0.661. The Kier molecular flexibility index (Phi) is 13.9. The van der Waals surface area contributed by atoms with Gasteiger partial charge < -0.3 is 18.6 Å². The molecule has 2 atom stereocenters. The van der Waals surface area contributed by atoms with Crippen molar-refractivity contribution in [1.82, 2.24) is 0 Å². The Morgan fingerprint density at radius 3 is 1.63 bits per heavy atom. The van der Waals surface area contributed by atoms with Gasteiger partial charge in [-0.1, -0.05) is 276 Å². The van der Waals surface area contributed by atoms with Gasteiger partial charge in [0.15, 0.2) is 0 Å². The van der Waals surface area contributed by atoms with E-state index >= 15 is 0 Å². The first-order chi connectivity index (χ1) is 52.1. The van der Waals surface area contributed by atoms with E-state index in [4.69, 9.17) is 8.83 Å². The van der Waals surface area contributed by atoms with Crippen molar-refractivity contribution in [1.29, 1.82) is 0 Å². The van der Waals surface area contributed by atoms with Gasteiger partial charge in [-0.2, -0.15) is 0 Å². The van der Waals surface area contributed by atoms with E-state index in [1.165, 1.54) is 88.6 Å². The molecule has 106 heavy (non-hydrogen) atoms. The van der Waals surface area contributed by atoms with E-state index in [1.807, 2.05) is 0 Å². The number of nitrogens with zero attached hydrogens (tertiary/aromatic N) is 2. The van der Waals surface area contributed by atoms with Crippen molar-refractivity contribution < 1.29 is 8.83 Å². The summed E-state index contributed by atoms with van der Waals surface area (Å²) in [5.74, 6) is 0.593. The molecule has 0 amide bonds. The molecule has 0 fully saturated rings. The number of allylic oxidation sites excluding steroid dienone is 7. The Hall–Kier alpha value is -12.8. The molecule has 0 radical (unpaired) electrons. The Morgan fingerprint density at radius 2 is 0.896 bits per heavy atom. The van der Waals surface area contributed by atoms with Crippen LogP contribution in [0, 0.1) is 5.92 Å². The van der Waals surface area contributed by atoms with Crippen LogP contribution in [-0.2, 0) is 10.8 Å². The topological polar surface area (TPSA) is 32.8 Å². The molecule has 0 aliphatic heterocycles. The van der Waals surface area contributed by atoms with E-state index in [1.54, 1.807) is 0 Å². The summed E-state index contributed by atoms with van der Waals surface area (Å²) in [6.45, 7) is 9.70. The summed E-state index contributed by atoms with van der Waals surface area (Å²) in [5.41, 5.74) is 29.8. The molecular weight excluding hydrogens is 1290 g/mol. The lowest BCUT2D eigenvalue weighted by molar-refractivity contribution is 0.392. The normalized spacial score (nSPS) is 16.1. The zero-order valence-electron chi connectivity index (χ0n) is 59.6. The van der Waals surface area contributed by atoms with Crippen LogP contribution >= 0.6 is 0 Å². The van der Waals surface area contributed by atoms with Crippen molar-refractivity contribution in [3.05, 3.63) is 379 Å². The van der Waals surface area contributed by atoms with Gasteiger partial charge >= 0.3 is 0 Å². The molecule has 504 valence electrons. The molecule has 0 saturated carbocycles. The average molecular weight is 1360 g/mol. The fraction of sp³-hybridized carbons (Fsp3) is 0.0980. The molecule has 0 N–H and O–H groups in total. The summed E-state index contributed by atoms with van der Waals surface area (Å²) in [7, 11) is 0. The largest absolute Gasteiger partial charge is 0.456 e. The fourth-order valence-corrected chi connectivity index (χ4v) is 18.8. The molecule has 0 bridgehead atoms. The molecule has 17 aromatic rings. The van der Waals surface area contributed by atoms with Crippen molar-refractivity contribution in [2.45, 2.75) is 57.3 Å². The number of para-hydroxylation sites is 3. The van der Waals surface area contributed by atoms with E-state index < -0.39 is 0 Å². The van der Waals surface area contributed by atoms with Crippen LogP contribution < -0.4 is 9.80 Å². The van der Waals surface area contributed by atoms with Crippen molar-refractivity contribution in [3.63, 3.8) is 0 Å². The molecule has 4 heteroatoms. The first-order valence-corrected chi connectivity index (χ1v) is 37.4. The van der Waals surface area contributed by atoms with E-state index in [-0.39, 0.29) is 16.7 Å². The molecule has 4 aliphatic rings. The number of furan rings is 2. The lowest BCUT2D eigenvalue weighted by Gasteiger charge is -2.37. The Bertz CT molecular complexity index is 6680. The highest BCUT2D eigenvalue weighted by molar-refractivity contribution is 6.19. The van der Waals surface area contributed by atoms with Crippen molar-refractivity contribution in [2.24, 2.45) is 5.92 Å². The fourth-order valence-electron chi connectivity index (χ4n) is 18.8. The average Bonchev–Trinajstić information content (AvgIpc) is 1.57. The maximum absolute atomic E-state index is 6.98. The van der Waals surface area contributed by atoms with E-state index in [0.717, 1.165) is 124 Å². The Morgan fingerprint density at radius 1 is 0.358 bits per heavy atom. The number of benzene rings is 15. The molecule has 2 heterocycles. The zero-order valence-corrected chi connectivity index (χ0v) is 59.6. The van der Waals surface area contributed by atoms with Gasteiger partial charge in [0.25, 0.3) is 0 Å². The van der Waals surface area contributed by atoms with Gasteiger partial charge in [0.2, 0.25) is 0 Å². The third-order valence-electron chi connectivity index (χ3n) is 24.0. The van der Waals surface area contributed by atoms with Gasteiger partial charge in [-0.05, 0) is 220 Å². The highest BCUT2D eigenvalue weighted by atomic mass is 16.3. The lowest BCUT2D eigenvalue weighted by atomic mass is 9.74. The second kappa shape index (κ2) is 23.9. The first kappa shape index (κ1) is 61.9. The van der Waals surface area contributed by atoms with Gasteiger partial charge in [-0.25, -0.2) is 0 Å². The predicted molar refractivity (Wildman–Crippen MR) is 445 cm³/mol. The number of anilines is 4. The molecule has 4 aliphatic carbocycles. The molecule has 2 unspecified atom stereocenters. The summed E-state index contributed by atoms with van der Waals surface area (Å²) in [5, 5.41) is 11.6. The van der Waals surface area contributed by atoms with Gasteiger partial charge in [0.1, 0.15) is 22.3 Å². The van der Waals surface area contributed by atoms with Crippen LogP contribution in [0.15, 0.2) is 360 Å². The van der Waals surface area contributed by atoms with Crippen LogP contribution in [0.1, 0.15) is 74.3 Å². The number of hydrogen-bond donors (Lipinski definition) is 0. The standard InChI is InChI=1S/C102H74N2O2/c1-101(2)88-40-16-12-34-78(88)80-52-49-73(61-90(80)101)103(72-31-20-30-70(55-72)76-37-21-29-63-26-10-11-32-75(63)76)93-42-18-14-35-82(93)84-38-22-45-96-100(84)87-57-71-54-67(46-47-69(71)60-98(87)106-96)68-48-51-79-81-53-50-74(62-91(81)102(3,4)89(79)58-68)104(92-41-17-13-33-77(92)64-24-6-5-7-25-64)94-43-19-15-36-83(94)85-39-23-44-95-99(85)86-56-65-27-8-9-28-66(65)59-97(86)105-95/h5-19,21-30,32-62,80,90H,20,31H2,1-4H3. The smallest absolute Gasteiger partial charge is 0.136 e. The third-order valence-corrected chi connectivity index (χ3v) is 24.0. The maximum atomic E-state index is 6.98. The zero-order chi connectivity index (χ0) is 70.5. The van der Waals surface area contributed by atoms with E-state index in [0.29, 0.717) is 5.92 Å². The monoisotopic (exact) mass is 1360 g/mol. The van der Waals surface area contributed by atoms with Crippen LogP contribution in [-0.4, -0.2) is 0 Å².